The van der Waals surface area contributed by atoms with Crippen LogP contribution in [0.2, 0.25) is 0 Å². The third kappa shape index (κ3) is 2.89. The van der Waals surface area contributed by atoms with E-state index in [9.17, 15) is 15.3 Å². The number of hydrogen-bond donors (Lipinski definition) is 4. The zero-order valence-corrected chi connectivity index (χ0v) is 8.91. The minimum atomic E-state index is -1.24. The van der Waals surface area contributed by atoms with E-state index in [1.165, 1.54) is 0 Å². The summed E-state index contributed by atoms with van der Waals surface area (Å²) < 4.78 is 5.32. The molecule has 0 aromatic carbocycles. The topological polar surface area (TPSA) is 90.2 Å². The molecule has 1 aliphatic heterocycles. The highest BCUT2D eigenvalue weighted by atomic mass is 16.5. The van der Waals surface area contributed by atoms with E-state index in [2.05, 4.69) is 0 Å². The minimum Gasteiger partial charge on any atom is -0.394 e. The van der Waals surface area contributed by atoms with Crippen LogP contribution in [0.25, 0.3) is 0 Å². The van der Waals surface area contributed by atoms with Crippen LogP contribution in [0.1, 0.15) is 26.2 Å². The van der Waals surface area contributed by atoms with Crippen molar-refractivity contribution in [2.45, 2.75) is 56.7 Å². The Morgan fingerprint density at radius 1 is 1.00 bits per heavy atom. The number of unbranched alkanes of at least 4 members (excludes halogenated alkanes) is 1. The van der Waals surface area contributed by atoms with Crippen LogP contribution >= 0.6 is 0 Å². The molecule has 1 fully saturated rings. The van der Waals surface area contributed by atoms with Gasteiger partial charge in [0, 0.05) is 0 Å². The van der Waals surface area contributed by atoms with Crippen molar-refractivity contribution >= 4 is 0 Å². The van der Waals surface area contributed by atoms with Gasteiger partial charge in [0.15, 0.2) is 0 Å². The molecule has 0 spiro atoms. The highest BCUT2D eigenvalue weighted by Gasteiger charge is 2.42. The molecule has 0 aliphatic carbocycles. The van der Waals surface area contributed by atoms with Gasteiger partial charge in [0.25, 0.3) is 0 Å². The lowest BCUT2D eigenvalue weighted by atomic mass is 9.92. The fourth-order valence-corrected chi connectivity index (χ4v) is 1.82. The summed E-state index contributed by atoms with van der Waals surface area (Å²) in [7, 11) is 0. The zero-order valence-electron chi connectivity index (χ0n) is 8.91. The van der Waals surface area contributed by atoms with Gasteiger partial charge in [0.05, 0.1) is 12.7 Å². The van der Waals surface area contributed by atoms with Gasteiger partial charge in [-0.2, -0.15) is 0 Å². The van der Waals surface area contributed by atoms with E-state index in [0.717, 1.165) is 12.8 Å². The van der Waals surface area contributed by atoms with E-state index in [1.807, 2.05) is 6.92 Å². The van der Waals surface area contributed by atoms with Gasteiger partial charge in [0.2, 0.25) is 0 Å². The number of aliphatic hydroxyl groups is 4. The first-order chi connectivity index (χ1) is 7.11. The molecule has 4 N–H and O–H groups in total. The molecular weight excluding hydrogens is 200 g/mol. The van der Waals surface area contributed by atoms with Crippen LogP contribution in [0.15, 0.2) is 0 Å². The Hall–Kier alpha value is -0.200. The van der Waals surface area contributed by atoms with Gasteiger partial charge in [-0.15, -0.1) is 0 Å². The number of hydrogen-bond acceptors (Lipinski definition) is 5. The van der Waals surface area contributed by atoms with Gasteiger partial charge in [-0.1, -0.05) is 19.8 Å². The monoisotopic (exact) mass is 220 g/mol. The van der Waals surface area contributed by atoms with Gasteiger partial charge in [-0.05, 0) is 6.42 Å². The molecule has 0 aromatic rings. The molecule has 0 amide bonds. The standard InChI is InChI=1S/C10H20O5/c1-2-3-4-6-8(12)10(14)9(13)7(5-11)15-6/h6-14H,2-5H2,1H3/t6-,7+,8-,9+,10+/m0/s1. The summed E-state index contributed by atoms with van der Waals surface area (Å²) in [5.41, 5.74) is 0. The quantitative estimate of drug-likeness (QED) is 0.489. The van der Waals surface area contributed by atoms with Gasteiger partial charge < -0.3 is 25.2 Å². The normalized spacial score (nSPS) is 41.8. The fourth-order valence-electron chi connectivity index (χ4n) is 1.82. The molecule has 5 nitrogen and oxygen atoms in total. The molecule has 0 unspecified atom stereocenters. The molecular formula is C10H20O5. The van der Waals surface area contributed by atoms with E-state index in [-0.39, 0.29) is 6.61 Å². The van der Waals surface area contributed by atoms with Crippen molar-refractivity contribution in [3.05, 3.63) is 0 Å². The molecule has 1 aliphatic rings. The Bertz CT molecular complexity index is 185. The average molecular weight is 220 g/mol. The van der Waals surface area contributed by atoms with Crippen LogP contribution in [-0.4, -0.2) is 57.6 Å². The Kier molecular flexibility index (Phi) is 4.95. The Balaban J connectivity index is 2.57. The van der Waals surface area contributed by atoms with E-state index in [1.54, 1.807) is 0 Å². The summed E-state index contributed by atoms with van der Waals surface area (Å²) in [5.74, 6) is 0. The molecule has 0 radical (unpaired) electrons. The lowest BCUT2D eigenvalue weighted by Gasteiger charge is -2.40. The Morgan fingerprint density at radius 2 is 1.60 bits per heavy atom. The van der Waals surface area contributed by atoms with Crippen molar-refractivity contribution in [1.29, 1.82) is 0 Å². The summed E-state index contributed by atoms with van der Waals surface area (Å²) in [6.45, 7) is 1.66. The van der Waals surface area contributed by atoms with Crippen molar-refractivity contribution in [2.24, 2.45) is 0 Å². The first kappa shape index (κ1) is 12.9. The van der Waals surface area contributed by atoms with Crippen LogP contribution in [0.3, 0.4) is 0 Å². The molecule has 90 valence electrons. The van der Waals surface area contributed by atoms with Crippen molar-refractivity contribution < 1.29 is 25.2 Å². The SMILES string of the molecule is CCCC[C@@H]1O[C@H](CO)[C@@H](O)[C@H](O)[C@H]1O. The third-order valence-corrected chi connectivity index (χ3v) is 2.83. The van der Waals surface area contributed by atoms with Crippen molar-refractivity contribution in [3.63, 3.8) is 0 Å². The van der Waals surface area contributed by atoms with E-state index < -0.39 is 30.5 Å². The third-order valence-electron chi connectivity index (χ3n) is 2.83. The van der Waals surface area contributed by atoms with E-state index in [4.69, 9.17) is 9.84 Å². The maximum atomic E-state index is 9.63. The minimum absolute atomic E-state index is 0.354. The van der Waals surface area contributed by atoms with E-state index >= 15 is 0 Å². The van der Waals surface area contributed by atoms with Gasteiger partial charge in [-0.3, -0.25) is 0 Å². The number of aliphatic hydroxyl groups excluding tert-OH is 4. The largest absolute Gasteiger partial charge is 0.394 e. The van der Waals surface area contributed by atoms with Crippen LogP contribution < -0.4 is 0 Å². The highest BCUT2D eigenvalue weighted by Crippen LogP contribution is 2.24. The van der Waals surface area contributed by atoms with E-state index in [0.29, 0.717) is 6.42 Å². The van der Waals surface area contributed by atoms with Gasteiger partial charge in [0.1, 0.15) is 24.4 Å². The molecule has 1 heterocycles. The van der Waals surface area contributed by atoms with Crippen molar-refractivity contribution in [2.75, 3.05) is 6.61 Å². The molecule has 15 heavy (non-hydrogen) atoms. The van der Waals surface area contributed by atoms with Crippen LogP contribution in [0, 0.1) is 0 Å². The molecule has 1 rings (SSSR count). The Morgan fingerprint density at radius 3 is 2.13 bits per heavy atom. The van der Waals surface area contributed by atoms with Crippen LogP contribution in [-0.2, 0) is 4.74 Å². The van der Waals surface area contributed by atoms with Crippen LogP contribution in [0.4, 0.5) is 0 Å². The average Bonchev–Trinajstić information content (AvgIpc) is 2.25. The van der Waals surface area contributed by atoms with Crippen molar-refractivity contribution in [1.82, 2.24) is 0 Å². The molecule has 0 bridgehead atoms. The maximum Gasteiger partial charge on any atom is 0.111 e. The Labute approximate surface area is 89.3 Å². The molecule has 0 aromatic heterocycles. The number of ether oxygens (including phenoxy) is 1. The molecule has 5 atom stereocenters. The van der Waals surface area contributed by atoms with Crippen molar-refractivity contribution in [3.8, 4) is 0 Å². The predicted molar refractivity (Wildman–Crippen MR) is 53.3 cm³/mol. The second-order valence-corrected chi connectivity index (χ2v) is 4.01. The molecule has 0 saturated carbocycles. The smallest absolute Gasteiger partial charge is 0.111 e. The highest BCUT2D eigenvalue weighted by molar-refractivity contribution is 4.91. The molecule has 5 heteroatoms. The zero-order chi connectivity index (χ0) is 11.4. The summed E-state index contributed by atoms with van der Waals surface area (Å²) >= 11 is 0. The summed E-state index contributed by atoms with van der Waals surface area (Å²) in [4.78, 5) is 0. The van der Waals surface area contributed by atoms with Gasteiger partial charge >= 0.3 is 0 Å². The van der Waals surface area contributed by atoms with Gasteiger partial charge in [-0.25, -0.2) is 0 Å². The predicted octanol–water partition coefficient (Wildman–Crippen LogP) is -0.981. The lowest BCUT2D eigenvalue weighted by Crippen LogP contribution is -2.58. The summed E-state index contributed by atoms with van der Waals surface area (Å²) in [5, 5.41) is 37.5. The second-order valence-electron chi connectivity index (χ2n) is 4.01. The first-order valence-electron chi connectivity index (χ1n) is 5.42. The fraction of sp³-hybridized carbons (Fsp3) is 1.00. The lowest BCUT2D eigenvalue weighted by molar-refractivity contribution is -0.230. The maximum absolute atomic E-state index is 9.63. The summed E-state index contributed by atoms with van der Waals surface area (Å²) in [6, 6.07) is 0. The molecule has 1 saturated heterocycles. The first-order valence-corrected chi connectivity index (χ1v) is 5.42. The second kappa shape index (κ2) is 5.77. The summed E-state index contributed by atoms with van der Waals surface area (Å²) in [6.07, 6.45) is -2.36. The van der Waals surface area contributed by atoms with Crippen LogP contribution in [0.5, 0.6) is 0 Å². The number of rotatable bonds is 4.